The summed E-state index contributed by atoms with van der Waals surface area (Å²) in [6, 6.07) is 7.66. The van der Waals surface area contributed by atoms with Crippen LogP contribution in [0.5, 0.6) is 0 Å². The Morgan fingerprint density at radius 1 is 0.683 bits per heavy atom. The van der Waals surface area contributed by atoms with E-state index in [4.69, 9.17) is 29.2 Å². The van der Waals surface area contributed by atoms with Gasteiger partial charge in [0.15, 0.2) is 11.9 Å². The molecule has 1 unspecified atom stereocenters. The zero-order valence-corrected chi connectivity index (χ0v) is 38.4. The molecule has 0 spiro atoms. The molecule has 3 rings (SSSR count). The van der Waals surface area contributed by atoms with Gasteiger partial charge < -0.3 is 24.7 Å². The van der Waals surface area contributed by atoms with Crippen molar-refractivity contribution >= 4 is 47.5 Å². The van der Waals surface area contributed by atoms with Crippen molar-refractivity contribution < 1.29 is 37.6 Å². The topological polar surface area (TPSA) is 165 Å². The van der Waals surface area contributed by atoms with Gasteiger partial charge in [0.05, 0.1) is 24.2 Å². The first kappa shape index (κ1) is 51.3. The average Bonchev–Trinajstić information content (AvgIpc) is 3.61. The minimum atomic E-state index is -4.60. The molecule has 0 saturated heterocycles. The Morgan fingerprint density at radius 2 is 1.20 bits per heavy atom. The largest absolute Gasteiger partial charge is 0.472 e. The lowest BCUT2D eigenvalue weighted by atomic mass is 10.1. The maximum Gasteiger partial charge on any atom is 0.472 e. The van der Waals surface area contributed by atoms with Gasteiger partial charge in [-0.2, -0.15) is 0 Å². The van der Waals surface area contributed by atoms with Gasteiger partial charge in [0.1, 0.15) is 17.9 Å². The zero-order valence-electron chi connectivity index (χ0n) is 37.5. The first-order valence-corrected chi connectivity index (χ1v) is 25.2. The van der Waals surface area contributed by atoms with Gasteiger partial charge in [-0.05, 0) is 25.3 Å². The lowest BCUT2D eigenvalue weighted by Crippen LogP contribution is -2.29. The van der Waals surface area contributed by atoms with Crippen LogP contribution < -0.4 is 5.73 Å². The van der Waals surface area contributed by atoms with Crippen LogP contribution in [0.25, 0.3) is 21.9 Å². The van der Waals surface area contributed by atoms with Crippen LogP contribution in [0, 0.1) is 0 Å². The fraction of sp³-hybridized carbons (Fsp3) is 0.745. The van der Waals surface area contributed by atoms with Crippen LogP contribution in [0.15, 0.2) is 24.3 Å². The Kier molecular flexibility index (Phi) is 26.4. The molecular formula is C47H79N4O8P. The van der Waals surface area contributed by atoms with Gasteiger partial charge in [-0.3, -0.25) is 18.6 Å². The van der Waals surface area contributed by atoms with Gasteiger partial charge in [0.2, 0.25) is 0 Å². The van der Waals surface area contributed by atoms with Crippen molar-refractivity contribution in [1.82, 2.24) is 14.5 Å². The Bertz CT molecular complexity index is 1680. The highest BCUT2D eigenvalue weighted by Crippen LogP contribution is 2.43. The lowest BCUT2D eigenvalue weighted by Gasteiger charge is -2.20. The number of ether oxygens (including phenoxy) is 2. The summed E-state index contributed by atoms with van der Waals surface area (Å²) >= 11 is 0. The van der Waals surface area contributed by atoms with Gasteiger partial charge >= 0.3 is 19.8 Å². The molecule has 0 saturated carbocycles. The summed E-state index contributed by atoms with van der Waals surface area (Å²) in [4.78, 5) is 45.6. The summed E-state index contributed by atoms with van der Waals surface area (Å²) in [6.07, 6.45) is 27.7. The standard InChI is InChI=1S/C47H79N4O8P/c1-4-7-10-12-14-16-18-20-22-24-26-33-43(52)56-37-39(59-44(53)34-27-25-23-21-19-17-15-13-11-8-5-2)38-58-60(54,55)57-36-35-51-42(32-9-6-3)50-45-46(51)40-30-28-29-31-41(40)49-47(45)48/h28-31,39H,4-27,32-38H2,1-3H3,(H2,48,49)(H,54,55)/t39-/m1/s1. The van der Waals surface area contributed by atoms with Crippen molar-refractivity contribution in [3.8, 4) is 0 Å². The number of nitrogens with two attached hydrogens (primary N) is 1. The number of fused-ring (bicyclic) bond motifs is 3. The van der Waals surface area contributed by atoms with Crippen LogP contribution in [-0.4, -0.2) is 57.3 Å². The molecule has 13 heteroatoms. The van der Waals surface area contributed by atoms with Crippen LogP contribution in [0.1, 0.15) is 194 Å². The second kappa shape index (κ2) is 30.9. The monoisotopic (exact) mass is 859 g/mol. The number of nitrogens with zero attached hydrogens (tertiary/aromatic N) is 3. The van der Waals surface area contributed by atoms with Crippen molar-refractivity contribution in [3.63, 3.8) is 0 Å². The van der Waals surface area contributed by atoms with Gasteiger partial charge in [-0.15, -0.1) is 0 Å². The number of anilines is 1. The third-order valence-corrected chi connectivity index (χ3v) is 12.1. The number of aromatic nitrogens is 3. The Balaban J connectivity index is 1.50. The molecule has 340 valence electrons. The second-order valence-electron chi connectivity index (χ2n) is 16.5. The average molecular weight is 859 g/mol. The summed E-state index contributed by atoms with van der Waals surface area (Å²) in [5.74, 6) is 0.257. The molecule has 0 fully saturated rings. The summed E-state index contributed by atoms with van der Waals surface area (Å²) in [6.45, 7) is 5.88. The SMILES string of the molecule is CCCCCCCCCCCCCC(=O)OC[C@H](COP(=O)(O)OCCn1c(CCCC)nc2c(N)nc3ccccc3c21)OC(=O)CCCCCCCCCCCCC. The van der Waals surface area contributed by atoms with E-state index in [1.165, 1.54) is 96.3 Å². The van der Waals surface area contributed by atoms with E-state index in [9.17, 15) is 19.0 Å². The number of phosphoric acid groups is 1. The van der Waals surface area contributed by atoms with Crippen LogP contribution in [0.3, 0.4) is 0 Å². The van der Waals surface area contributed by atoms with Gasteiger partial charge in [-0.25, -0.2) is 14.5 Å². The molecule has 1 aromatic carbocycles. The lowest BCUT2D eigenvalue weighted by molar-refractivity contribution is -0.161. The summed E-state index contributed by atoms with van der Waals surface area (Å²) < 4.78 is 37.1. The highest BCUT2D eigenvalue weighted by atomic mass is 31.2. The van der Waals surface area contributed by atoms with Crippen molar-refractivity contribution in [3.05, 3.63) is 30.1 Å². The summed E-state index contributed by atoms with van der Waals surface area (Å²) in [5.41, 5.74) is 8.43. The van der Waals surface area contributed by atoms with Crippen molar-refractivity contribution in [2.75, 3.05) is 25.6 Å². The number of imidazole rings is 1. The highest BCUT2D eigenvalue weighted by Gasteiger charge is 2.27. The molecule has 0 aliphatic rings. The van der Waals surface area contributed by atoms with Crippen molar-refractivity contribution in [1.29, 1.82) is 0 Å². The van der Waals surface area contributed by atoms with E-state index in [-0.39, 0.29) is 32.6 Å². The number of para-hydroxylation sites is 1. The van der Waals surface area contributed by atoms with Gasteiger partial charge in [0.25, 0.3) is 0 Å². The molecule has 0 aliphatic heterocycles. The number of benzene rings is 1. The van der Waals surface area contributed by atoms with Crippen LogP contribution in [0.4, 0.5) is 5.82 Å². The molecule has 2 aromatic heterocycles. The number of carbonyl (C=O) groups is 2. The normalized spacial score (nSPS) is 13.2. The number of hydrogen-bond donors (Lipinski definition) is 2. The molecule has 0 amide bonds. The quantitative estimate of drug-likeness (QED) is 0.0322. The van der Waals surface area contributed by atoms with Gasteiger partial charge in [0, 0.05) is 31.2 Å². The molecule has 2 heterocycles. The molecule has 3 N–H and O–H groups in total. The van der Waals surface area contributed by atoms with Crippen LogP contribution >= 0.6 is 7.82 Å². The second-order valence-corrected chi connectivity index (χ2v) is 17.9. The number of phosphoric ester groups is 1. The van der Waals surface area contributed by atoms with E-state index in [1.807, 2.05) is 28.8 Å². The first-order chi connectivity index (χ1) is 29.2. The van der Waals surface area contributed by atoms with Crippen LogP contribution in [0.2, 0.25) is 0 Å². The first-order valence-electron chi connectivity index (χ1n) is 23.7. The maximum atomic E-state index is 13.2. The molecule has 3 aromatic rings. The number of nitrogen functional groups attached to an aromatic ring is 1. The minimum Gasteiger partial charge on any atom is -0.462 e. The molecule has 12 nitrogen and oxygen atoms in total. The van der Waals surface area contributed by atoms with Crippen molar-refractivity contribution in [2.24, 2.45) is 0 Å². The maximum absolute atomic E-state index is 13.2. The molecule has 0 bridgehead atoms. The molecular weight excluding hydrogens is 780 g/mol. The highest BCUT2D eigenvalue weighted by molar-refractivity contribution is 7.47. The third-order valence-electron chi connectivity index (χ3n) is 11.1. The van der Waals surface area contributed by atoms with Crippen molar-refractivity contribution in [2.45, 2.75) is 207 Å². The molecule has 0 aliphatic carbocycles. The number of aryl methyl sites for hydroxylation is 1. The molecule has 60 heavy (non-hydrogen) atoms. The fourth-order valence-electron chi connectivity index (χ4n) is 7.62. The zero-order chi connectivity index (χ0) is 43.3. The predicted molar refractivity (Wildman–Crippen MR) is 243 cm³/mol. The van der Waals surface area contributed by atoms with E-state index in [1.54, 1.807) is 0 Å². The van der Waals surface area contributed by atoms with E-state index in [0.29, 0.717) is 24.2 Å². The predicted octanol–water partition coefficient (Wildman–Crippen LogP) is 12.5. The smallest absolute Gasteiger partial charge is 0.462 e. The number of pyridine rings is 1. The van der Waals surface area contributed by atoms with E-state index < -0.39 is 32.5 Å². The van der Waals surface area contributed by atoms with E-state index in [0.717, 1.165) is 73.6 Å². The number of rotatable bonds is 37. The number of unbranched alkanes of at least 4 members (excludes halogenated alkanes) is 21. The Morgan fingerprint density at radius 3 is 1.77 bits per heavy atom. The van der Waals surface area contributed by atoms with Crippen LogP contribution in [-0.2, 0) is 45.6 Å². The Hall–Kier alpha value is -3.05. The Labute approximate surface area is 361 Å². The molecule has 2 atom stereocenters. The minimum absolute atomic E-state index is 0.161. The van der Waals surface area contributed by atoms with E-state index >= 15 is 0 Å². The number of carbonyl (C=O) groups excluding carboxylic acids is 2. The number of hydrogen-bond acceptors (Lipinski definition) is 10. The fourth-order valence-corrected chi connectivity index (χ4v) is 8.36. The molecule has 0 radical (unpaired) electrons. The summed E-state index contributed by atoms with van der Waals surface area (Å²) in [5, 5.41) is 0.872. The summed E-state index contributed by atoms with van der Waals surface area (Å²) in [7, 11) is -4.60. The number of esters is 2. The third kappa shape index (κ3) is 20.7. The van der Waals surface area contributed by atoms with E-state index in [2.05, 4.69) is 25.8 Å². The van der Waals surface area contributed by atoms with Gasteiger partial charge in [-0.1, -0.05) is 174 Å².